The van der Waals surface area contributed by atoms with E-state index in [1.807, 2.05) is 0 Å². The summed E-state index contributed by atoms with van der Waals surface area (Å²) < 4.78 is 20.5. The van der Waals surface area contributed by atoms with Crippen molar-refractivity contribution in [3.63, 3.8) is 0 Å². The SMILES string of the molecule is CO[C@@H]1OC[C@@H](O[C@@H]2O[C@H](CO)[C@H](O)[C@H](O)[C@H]2O)[C@H](O)[C@H]1O. The highest BCUT2D eigenvalue weighted by molar-refractivity contribution is 4.91. The number of hydrogen-bond acceptors (Lipinski definition) is 10. The molecule has 0 aliphatic carbocycles. The molecule has 0 aromatic heterocycles. The first-order valence-electron chi connectivity index (χ1n) is 6.87. The smallest absolute Gasteiger partial charge is 0.187 e. The molecule has 0 saturated carbocycles. The zero-order valence-electron chi connectivity index (χ0n) is 11.9. The van der Waals surface area contributed by atoms with E-state index in [0.717, 1.165) is 0 Å². The lowest BCUT2D eigenvalue weighted by Crippen LogP contribution is -2.62. The zero-order chi connectivity index (χ0) is 16.4. The largest absolute Gasteiger partial charge is 0.394 e. The van der Waals surface area contributed by atoms with Crippen LogP contribution >= 0.6 is 0 Å². The molecule has 2 heterocycles. The van der Waals surface area contributed by atoms with Crippen LogP contribution in [0.4, 0.5) is 0 Å². The molecule has 0 unspecified atom stereocenters. The maximum absolute atomic E-state index is 9.96. The number of methoxy groups -OCH3 is 1. The summed E-state index contributed by atoms with van der Waals surface area (Å²) in [6.45, 7) is -0.741. The lowest BCUT2D eigenvalue weighted by atomic mass is 9.99. The molecule has 2 aliphatic rings. The molecule has 130 valence electrons. The quantitative estimate of drug-likeness (QED) is 0.300. The Bertz CT molecular complexity index is 353. The second kappa shape index (κ2) is 7.45. The highest BCUT2D eigenvalue weighted by atomic mass is 16.7. The van der Waals surface area contributed by atoms with Gasteiger partial charge in [0, 0.05) is 7.11 Å². The van der Waals surface area contributed by atoms with Gasteiger partial charge in [-0.2, -0.15) is 0 Å². The van der Waals surface area contributed by atoms with E-state index in [1.54, 1.807) is 0 Å². The van der Waals surface area contributed by atoms with Gasteiger partial charge in [0.2, 0.25) is 0 Å². The molecule has 0 aromatic rings. The summed E-state index contributed by atoms with van der Waals surface area (Å²) >= 11 is 0. The van der Waals surface area contributed by atoms with Gasteiger partial charge in [0.25, 0.3) is 0 Å². The monoisotopic (exact) mass is 326 g/mol. The second-order valence-corrected chi connectivity index (χ2v) is 5.29. The van der Waals surface area contributed by atoms with Gasteiger partial charge in [0.15, 0.2) is 12.6 Å². The minimum atomic E-state index is -1.60. The number of aliphatic hydroxyl groups is 6. The van der Waals surface area contributed by atoms with Crippen LogP contribution in [0.3, 0.4) is 0 Å². The van der Waals surface area contributed by atoms with Crippen LogP contribution in [-0.4, -0.2) is 106 Å². The van der Waals surface area contributed by atoms with Crippen LogP contribution in [0.5, 0.6) is 0 Å². The molecule has 9 atom stereocenters. The normalized spacial score (nSPS) is 50.0. The molecule has 10 nitrogen and oxygen atoms in total. The Hall–Kier alpha value is -0.400. The zero-order valence-corrected chi connectivity index (χ0v) is 11.9. The summed E-state index contributed by atoms with van der Waals surface area (Å²) in [5.41, 5.74) is 0. The van der Waals surface area contributed by atoms with Crippen LogP contribution in [0.15, 0.2) is 0 Å². The Kier molecular flexibility index (Phi) is 6.07. The fraction of sp³-hybridized carbons (Fsp3) is 1.00. The van der Waals surface area contributed by atoms with Crippen molar-refractivity contribution in [2.45, 2.75) is 55.3 Å². The van der Waals surface area contributed by atoms with E-state index in [0.29, 0.717) is 0 Å². The van der Waals surface area contributed by atoms with Crippen LogP contribution in [0.1, 0.15) is 0 Å². The molecule has 0 bridgehead atoms. The van der Waals surface area contributed by atoms with Crippen molar-refractivity contribution in [2.24, 2.45) is 0 Å². The lowest BCUT2D eigenvalue weighted by molar-refractivity contribution is -0.341. The second-order valence-electron chi connectivity index (χ2n) is 5.29. The summed E-state index contributed by atoms with van der Waals surface area (Å²) in [6.07, 6.45) is -12.0. The van der Waals surface area contributed by atoms with Gasteiger partial charge in [0.05, 0.1) is 13.2 Å². The molecule has 0 spiro atoms. The maximum Gasteiger partial charge on any atom is 0.187 e. The Labute approximate surface area is 126 Å². The molecular weight excluding hydrogens is 304 g/mol. The third-order valence-electron chi connectivity index (χ3n) is 3.82. The summed E-state index contributed by atoms with van der Waals surface area (Å²) in [6, 6.07) is 0. The number of rotatable bonds is 4. The van der Waals surface area contributed by atoms with E-state index in [2.05, 4.69) is 0 Å². The lowest BCUT2D eigenvalue weighted by Gasteiger charge is -2.43. The first-order valence-corrected chi connectivity index (χ1v) is 6.87. The van der Waals surface area contributed by atoms with Crippen molar-refractivity contribution >= 4 is 0 Å². The predicted molar refractivity (Wildman–Crippen MR) is 67.4 cm³/mol. The van der Waals surface area contributed by atoms with E-state index >= 15 is 0 Å². The summed E-state index contributed by atoms with van der Waals surface area (Å²) in [5.74, 6) is 0. The van der Waals surface area contributed by atoms with E-state index in [-0.39, 0.29) is 6.61 Å². The number of aliphatic hydroxyl groups excluding tert-OH is 6. The van der Waals surface area contributed by atoms with Crippen LogP contribution in [0.25, 0.3) is 0 Å². The molecular formula is C12H22O10. The Morgan fingerprint density at radius 1 is 0.909 bits per heavy atom. The van der Waals surface area contributed by atoms with Crippen molar-refractivity contribution in [3.05, 3.63) is 0 Å². The van der Waals surface area contributed by atoms with Crippen molar-refractivity contribution in [2.75, 3.05) is 20.3 Å². The first kappa shape index (κ1) is 17.9. The highest BCUT2D eigenvalue weighted by Crippen LogP contribution is 2.26. The molecule has 10 heteroatoms. The van der Waals surface area contributed by atoms with E-state index in [1.165, 1.54) is 7.11 Å². The minimum absolute atomic E-state index is 0.147. The molecule has 2 fully saturated rings. The third-order valence-corrected chi connectivity index (χ3v) is 3.82. The van der Waals surface area contributed by atoms with E-state index in [9.17, 15) is 25.5 Å². The van der Waals surface area contributed by atoms with Crippen LogP contribution in [-0.2, 0) is 18.9 Å². The van der Waals surface area contributed by atoms with Crippen LogP contribution in [0.2, 0.25) is 0 Å². The first-order chi connectivity index (χ1) is 10.4. The van der Waals surface area contributed by atoms with Crippen molar-refractivity contribution in [1.29, 1.82) is 0 Å². The summed E-state index contributed by atoms with van der Waals surface area (Å²) in [4.78, 5) is 0. The van der Waals surface area contributed by atoms with Gasteiger partial charge in [-0.05, 0) is 0 Å². The minimum Gasteiger partial charge on any atom is -0.394 e. The maximum atomic E-state index is 9.96. The van der Waals surface area contributed by atoms with Gasteiger partial charge in [-0.1, -0.05) is 0 Å². The fourth-order valence-electron chi connectivity index (χ4n) is 2.45. The van der Waals surface area contributed by atoms with Crippen molar-refractivity contribution in [3.8, 4) is 0 Å². The standard InChI is InChI=1S/C12H22O10/c1-19-11-9(17)7(15)5(3-20-11)22-12-10(18)8(16)6(14)4(2-13)21-12/h4-18H,2-3H2,1H3/t4-,5-,6+,7+,8+,9-,10-,11-,12+/m1/s1. The van der Waals surface area contributed by atoms with Gasteiger partial charge >= 0.3 is 0 Å². The van der Waals surface area contributed by atoms with Crippen LogP contribution in [0, 0.1) is 0 Å². The molecule has 2 saturated heterocycles. The molecule has 0 radical (unpaired) electrons. The van der Waals surface area contributed by atoms with Gasteiger partial charge in [-0.25, -0.2) is 0 Å². The van der Waals surface area contributed by atoms with Gasteiger partial charge in [-0.3, -0.25) is 0 Å². The van der Waals surface area contributed by atoms with Gasteiger partial charge in [0.1, 0.15) is 42.7 Å². The average Bonchev–Trinajstić information content (AvgIpc) is 2.52. The Morgan fingerprint density at radius 2 is 1.55 bits per heavy atom. The molecule has 2 rings (SSSR count). The Morgan fingerprint density at radius 3 is 2.14 bits per heavy atom. The highest BCUT2D eigenvalue weighted by Gasteiger charge is 2.47. The predicted octanol–water partition coefficient (Wildman–Crippen LogP) is -4.10. The van der Waals surface area contributed by atoms with Crippen LogP contribution < -0.4 is 0 Å². The molecule has 0 amide bonds. The molecule has 6 N–H and O–H groups in total. The summed E-state index contributed by atoms with van der Waals surface area (Å²) in [5, 5.41) is 58.0. The third kappa shape index (κ3) is 3.41. The molecule has 2 aliphatic heterocycles. The number of hydrogen-bond donors (Lipinski definition) is 6. The van der Waals surface area contributed by atoms with Crippen molar-refractivity contribution in [1.82, 2.24) is 0 Å². The number of ether oxygens (including phenoxy) is 4. The Balaban J connectivity index is 2.00. The molecule has 0 aromatic carbocycles. The fourth-order valence-corrected chi connectivity index (χ4v) is 2.45. The van der Waals surface area contributed by atoms with Gasteiger partial charge in [-0.15, -0.1) is 0 Å². The van der Waals surface area contributed by atoms with E-state index < -0.39 is 61.9 Å². The topological polar surface area (TPSA) is 158 Å². The van der Waals surface area contributed by atoms with Gasteiger partial charge < -0.3 is 49.6 Å². The summed E-state index contributed by atoms with van der Waals surface area (Å²) in [7, 11) is 1.30. The molecule has 22 heavy (non-hydrogen) atoms. The van der Waals surface area contributed by atoms with Crippen molar-refractivity contribution < 1.29 is 49.6 Å². The van der Waals surface area contributed by atoms with E-state index in [4.69, 9.17) is 24.1 Å². The average molecular weight is 326 g/mol.